The van der Waals surface area contributed by atoms with Gasteiger partial charge in [0, 0.05) is 12.6 Å². The summed E-state index contributed by atoms with van der Waals surface area (Å²) in [5.41, 5.74) is 0. The molecule has 17 heavy (non-hydrogen) atoms. The first-order valence-corrected chi connectivity index (χ1v) is 7.22. The third-order valence-electron chi connectivity index (χ3n) is 4.67. The molecule has 1 aliphatic carbocycles. The highest BCUT2D eigenvalue weighted by Gasteiger charge is 2.24. The minimum Gasteiger partial charge on any atom is -0.393 e. The molecule has 0 radical (unpaired) electrons. The largest absolute Gasteiger partial charge is 0.393 e. The van der Waals surface area contributed by atoms with Crippen LogP contribution in [0.5, 0.6) is 0 Å². The molecule has 3 heteroatoms. The number of likely N-dealkylation sites (tertiary alicyclic amines) is 1. The molecule has 100 valence electrons. The number of hydrogen-bond acceptors (Lipinski definition) is 3. The molecule has 2 rings (SSSR count). The van der Waals surface area contributed by atoms with Crippen LogP contribution in [0.15, 0.2) is 0 Å². The predicted octanol–water partition coefficient (Wildman–Crippen LogP) is 1.56. The second kappa shape index (κ2) is 6.17. The Labute approximate surface area is 106 Å². The fourth-order valence-corrected chi connectivity index (χ4v) is 3.33. The van der Waals surface area contributed by atoms with Crippen LogP contribution in [0.1, 0.15) is 38.5 Å². The van der Waals surface area contributed by atoms with Crippen molar-refractivity contribution in [3.63, 3.8) is 0 Å². The van der Waals surface area contributed by atoms with E-state index >= 15 is 0 Å². The van der Waals surface area contributed by atoms with Gasteiger partial charge in [-0.3, -0.25) is 0 Å². The third-order valence-corrected chi connectivity index (χ3v) is 4.67. The zero-order chi connectivity index (χ0) is 12.3. The monoisotopic (exact) mass is 240 g/mol. The smallest absolute Gasteiger partial charge is 0.0541 e. The van der Waals surface area contributed by atoms with Crippen LogP contribution in [0.4, 0.5) is 0 Å². The highest BCUT2D eigenvalue weighted by Crippen LogP contribution is 2.24. The summed E-state index contributed by atoms with van der Waals surface area (Å²) in [7, 11) is 4.49. The van der Waals surface area contributed by atoms with Gasteiger partial charge in [-0.25, -0.2) is 0 Å². The van der Waals surface area contributed by atoms with Crippen molar-refractivity contribution < 1.29 is 5.11 Å². The van der Waals surface area contributed by atoms with E-state index in [1.165, 1.54) is 45.3 Å². The Hall–Kier alpha value is -0.120. The summed E-state index contributed by atoms with van der Waals surface area (Å²) in [5.74, 6) is 0.914. The molecule has 0 amide bonds. The average molecular weight is 240 g/mol. The Morgan fingerprint density at radius 3 is 2.47 bits per heavy atom. The molecule has 2 aliphatic rings. The van der Waals surface area contributed by atoms with Crippen LogP contribution in [-0.2, 0) is 0 Å². The van der Waals surface area contributed by atoms with Gasteiger partial charge in [-0.2, -0.15) is 0 Å². The maximum atomic E-state index is 9.52. The first kappa shape index (κ1) is 13.3. The first-order chi connectivity index (χ1) is 8.15. The Morgan fingerprint density at radius 2 is 1.88 bits per heavy atom. The zero-order valence-corrected chi connectivity index (χ0v) is 11.4. The van der Waals surface area contributed by atoms with Crippen molar-refractivity contribution in [1.29, 1.82) is 0 Å². The van der Waals surface area contributed by atoms with Gasteiger partial charge in [-0.05, 0) is 71.6 Å². The molecular formula is C14H28N2O. The Balaban J connectivity index is 1.65. The van der Waals surface area contributed by atoms with Crippen LogP contribution in [0.3, 0.4) is 0 Å². The van der Waals surface area contributed by atoms with Gasteiger partial charge in [0.2, 0.25) is 0 Å². The molecule has 0 aromatic carbocycles. The Kier molecular flexibility index (Phi) is 4.83. The van der Waals surface area contributed by atoms with E-state index in [0.717, 1.165) is 24.8 Å². The van der Waals surface area contributed by atoms with E-state index in [-0.39, 0.29) is 6.10 Å². The maximum Gasteiger partial charge on any atom is 0.0541 e. The highest BCUT2D eigenvalue weighted by atomic mass is 16.3. The van der Waals surface area contributed by atoms with Gasteiger partial charge in [0.1, 0.15) is 0 Å². The summed E-state index contributed by atoms with van der Waals surface area (Å²) in [6, 6.07) is 0.720. The summed E-state index contributed by atoms with van der Waals surface area (Å²) >= 11 is 0. The zero-order valence-electron chi connectivity index (χ0n) is 11.4. The molecule has 1 atom stereocenters. The van der Waals surface area contributed by atoms with Crippen molar-refractivity contribution in [2.24, 2.45) is 5.92 Å². The summed E-state index contributed by atoms with van der Waals surface area (Å²) in [6.45, 7) is 3.81. The van der Waals surface area contributed by atoms with Crippen molar-refractivity contribution in [2.45, 2.75) is 50.7 Å². The van der Waals surface area contributed by atoms with Crippen LogP contribution in [-0.4, -0.2) is 60.8 Å². The van der Waals surface area contributed by atoms with Crippen LogP contribution in [0.2, 0.25) is 0 Å². The number of rotatable bonds is 4. The second-order valence-electron chi connectivity index (χ2n) is 6.15. The maximum absolute atomic E-state index is 9.52. The lowest BCUT2D eigenvalue weighted by Crippen LogP contribution is -2.37. The fraction of sp³-hybridized carbons (Fsp3) is 1.00. The molecule has 1 heterocycles. The molecule has 1 N–H and O–H groups in total. The fourth-order valence-electron chi connectivity index (χ4n) is 3.33. The van der Waals surface area contributed by atoms with Crippen molar-refractivity contribution >= 4 is 0 Å². The predicted molar refractivity (Wildman–Crippen MR) is 71.1 cm³/mol. The highest BCUT2D eigenvalue weighted by molar-refractivity contribution is 4.79. The van der Waals surface area contributed by atoms with E-state index in [1.54, 1.807) is 0 Å². The lowest BCUT2D eigenvalue weighted by Gasteiger charge is -2.33. The van der Waals surface area contributed by atoms with Gasteiger partial charge >= 0.3 is 0 Å². The summed E-state index contributed by atoms with van der Waals surface area (Å²) < 4.78 is 0. The van der Waals surface area contributed by atoms with Gasteiger partial charge in [0.25, 0.3) is 0 Å². The van der Waals surface area contributed by atoms with E-state index < -0.39 is 0 Å². The van der Waals surface area contributed by atoms with E-state index in [4.69, 9.17) is 0 Å². The van der Waals surface area contributed by atoms with Gasteiger partial charge < -0.3 is 14.9 Å². The number of hydrogen-bond donors (Lipinski definition) is 1. The van der Waals surface area contributed by atoms with Crippen molar-refractivity contribution in [3.8, 4) is 0 Å². The molecule has 3 nitrogen and oxygen atoms in total. The molecular weight excluding hydrogens is 212 g/mol. The standard InChI is InChI=1S/C14H28N2O/c1-15-9-7-12(11-15)8-10-16(2)13-3-5-14(17)6-4-13/h12-14,17H,3-11H2,1-2H3. The third kappa shape index (κ3) is 3.94. The van der Waals surface area contributed by atoms with Crippen LogP contribution < -0.4 is 0 Å². The van der Waals surface area contributed by atoms with E-state index in [2.05, 4.69) is 23.9 Å². The van der Waals surface area contributed by atoms with Crippen molar-refractivity contribution in [1.82, 2.24) is 9.80 Å². The van der Waals surface area contributed by atoms with E-state index in [9.17, 15) is 5.11 Å². The molecule has 0 aromatic rings. The molecule has 1 saturated heterocycles. The molecule has 0 spiro atoms. The summed E-state index contributed by atoms with van der Waals surface area (Å²) in [5, 5.41) is 9.52. The molecule has 1 saturated carbocycles. The number of nitrogens with zero attached hydrogens (tertiary/aromatic N) is 2. The minimum absolute atomic E-state index is 0.0249. The van der Waals surface area contributed by atoms with Gasteiger partial charge in [-0.1, -0.05) is 0 Å². The molecule has 2 fully saturated rings. The lowest BCUT2D eigenvalue weighted by molar-refractivity contribution is 0.0823. The topological polar surface area (TPSA) is 26.7 Å². The number of aliphatic hydroxyl groups excluding tert-OH is 1. The summed E-state index contributed by atoms with van der Waals surface area (Å²) in [6.07, 6.45) is 7.07. The molecule has 0 aromatic heterocycles. The van der Waals surface area contributed by atoms with Gasteiger partial charge in [0.05, 0.1) is 6.10 Å². The van der Waals surface area contributed by atoms with Crippen molar-refractivity contribution in [2.75, 3.05) is 33.7 Å². The summed E-state index contributed by atoms with van der Waals surface area (Å²) in [4.78, 5) is 4.98. The Bertz CT molecular complexity index is 226. The molecule has 0 bridgehead atoms. The average Bonchev–Trinajstić information content (AvgIpc) is 2.73. The van der Waals surface area contributed by atoms with E-state index in [0.29, 0.717) is 0 Å². The second-order valence-corrected chi connectivity index (χ2v) is 6.15. The van der Waals surface area contributed by atoms with Crippen molar-refractivity contribution in [3.05, 3.63) is 0 Å². The van der Waals surface area contributed by atoms with Crippen LogP contribution in [0.25, 0.3) is 0 Å². The van der Waals surface area contributed by atoms with Crippen LogP contribution >= 0.6 is 0 Å². The van der Waals surface area contributed by atoms with E-state index in [1.807, 2.05) is 0 Å². The lowest BCUT2D eigenvalue weighted by atomic mass is 9.92. The molecule has 1 aliphatic heterocycles. The molecule has 1 unspecified atom stereocenters. The Morgan fingerprint density at radius 1 is 1.18 bits per heavy atom. The normalized spacial score (nSPS) is 35.6. The minimum atomic E-state index is -0.0249. The van der Waals surface area contributed by atoms with Gasteiger partial charge in [-0.15, -0.1) is 0 Å². The van der Waals surface area contributed by atoms with Crippen LogP contribution in [0, 0.1) is 5.92 Å². The first-order valence-electron chi connectivity index (χ1n) is 7.22. The van der Waals surface area contributed by atoms with Gasteiger partial charge in [0.15, 0.2) is 0 Å². The quantitative estimate of drug-likeness (QED) is 0.808. The SMILES string of the molecule is CN1CCC(CCN(C)C2CCC(O)CC2)C1. The number of aliphatic hydroxyl groups is 1.